The molecule has 39 heavy (non-hydrogen) atoms. The third-order valence-corrected chi connectivity index (χ3v) is 7.92. The molecule has 212 valence electrons. The topological polar surface area (TPSA) is 143 Å². The molecule has 1 aliphatic heterocycles. The minimum Gasteiger partial charge on any atom is -0.338 e. The van der Waals surface area contributed by atoms with Crippen molar-refractivity contribution in [2.75, 3.05) is 38.5 Å². The predicted octanol–water partition coefficient (Wildman–Crippen LogP) is 1.59. The second-order valence-corrected chi connectivity index (χ2v) is 11.6. The highest BCUT2D eigenvalue weighted by atomic mass is 16.2. The second-order valence-electron chi connectivity index (χ2n) is 11.6. The van der Waals surface area contributed by atoms with Crippen LogP contribution in [0.1, 0.15) is 45.6 Å². The van der Waals surface area contributed by atoms with Crippen molar-refractivity contribution in [1.82, 2.24) is 24.3 Å². The zero-order valence-corrected chi connectivity index (χ0v) is 23.5. The van der Waals surface area contributed by atoms with E-state index in [9.17, 15) is 14.4 Å². The molecule has 0 radical (unpaired) electrons. The van der Waals surface area contributed by atoms with Crippen LogP contribution >= 0.6 is 0 Å². The number of urea groups is 1. The number of nitrogens with one attached hydrogen (secondary N) is 1. The number of carbonyl (C=O) groups is 2. The number of rotatable bonds is 6. The van der Waals surface area contributed by atoms with E-state index < -0.39 is 11.2 Å². The molecule has 5 N–H and O–H groups in total. The minimum absolute atomic E-state index is 0.142. The van der Waals surface area contributed by atoms with Crippen molar-refractivity contribution in [3.05, 3.63) is 52.6 Å². The van der Waals surface area contributed by atoms with Crippen molar-refractivity contribution in [3.8, 4) is 5.69 Å². The van der Waals surface area contributed by atoms with E-state index in [4.69, 9.17) is 11.5 Å². The molecular formula is C28H42N8O3. The van der Waals surface area contributed by atoms with E-state index in [1.807, 2.05) is 24.3 Å². The monoisotopic (exact) mass is 538 g/mol. The fourth-order valence-corrected chi connectivity index (χ4v) is 5.35. The normalized spacial score (nSPS) is 22.2. The first kappa shape index (κ1) is 28.7. The van der Waals surface area contributed by atoms with Gasteiger partial charge in [-0.3, -0.25) is 19.6 Å². The number of aromatic nitrogens is 2. The molecule has 1 saturated heterocycles. The molecule has 1 aromatic carbocycles. The Labute approximate surface area is 230 Å². The Hall–Kier alpha value is -3.28. The molecule has 1 saturated carbocycles. The Morgan fingerprint density at radius 1 is 1.08 bits per heavy atom. The summed E-state index contributed by atoms with van der Waals surface area (Å²) in [7, 11) is 2.16. The lowest BCUT2D eigenvalue weighted by atomic mass is 9.82. The van der Waals surface area contributed by atoms with Crippen molar-refractivity contribution in [3.63, 3.8) is 0 Å². The van der Waals surface area contributed by atoms with E-state index in [0.717, 1.165) is 25.8 Å². The number of benzene rings is 1. The van der Waals surface area contributed by atoms with Gasteiger partial charge in [0, 0.05) is 51.0 Å². The summed E-state index contributed by atoms with van der Waals surface area (Å²) >= 11 is 0. The van der Waals surface area contributed by atoms with E-state index in [0.29, 0.717) is 49.9 Å². The van der Waals surface area contributed by atoms with Gasteiger partial charge in [-0.2, -0.15) is 4.98 Å². The lowest BCUT2D eigenvalue weighted by Crippen LogP contribution is -2.58. The fourth-order valence-electron chi connectivity index (χ4n) is 5.35. The van der Waals surface area contributed by atoms with Crippen LogP contribution in [0.2, 0.25) is 0 Å². The molecule has 11 heteroatoms. The Kier molecular flexibility index (Phi) is 8.73. The highest BCUT2D eigenvalue weighted by Gasteiger charge is 2.31. The maximum atomic E-state index is 12.7. The second kappa shape index (κ2) is 11.8. The summed E-state index contributed by atoms with van der Waals surface area (Å²) in [5, 5.41) is 2.69. The molecule has 1 aliphatic carbocycles. The molecular weight excluding hydrogens is 496 g/mol. The number of nitrogens with two attached hydrogens (primary N) is 2. The number of hydrogen-bond donors (Lipinski definition) is 3. The lowest BCUT2D eigenvalue weighted by molar-refractivity contribution is -0.137. The number of amides is 3. The number of piperazine rings is 1. The third kappa shape index (κ3) is 7.03. The van der Waals surface area contributed by atoms with Gasteiger partial charge in [-0.05, 0) is 69.8 Å². The zero-order chi connectivity index (χ0) is 28.3. The van der Waals surface area contributed by atoms with Crippen LogP contribution in [0, 0.1) is 5.92 Å². The minimum atomic E-state index is -0.947. The first-order chi connectivity index (χ1) is 18.4. The molecule has 3 atom stereocenters. The van der Waals surface area contributed by atoms with Crippen LogP contribution in [-0.4, -0.2) is 87.0 Å². The molecule has 2 heterocycles. The SMILES string of the molecule is CC1CC(N(C)Cc2ccc(-n3ccc(NC(=O)N4CCN(C(=O)C(C)(C)N)CC4)nc3=O)cc2)CC[C@@H]1N. The first-order valence-corrected chi connectivity index (χ1v) is 13.7. The maximum Gasteiger partial charge on any atom is 0.354 e. The number of hydrogen-bond acceptors (Lipinski definition) is 7. The van der Waals surface area contributed by atoms with Gasteiger partial charge in [0.05, 0.1) is 11.2 Å². The van der Waals surface area contributed by atoms with E-state index in [-0.39, 0.29) is 17.8 Å². The Balaban J connectivity index is 1.32. The average Bonchev–Trinajstić information content (AvgIpc) is 2.90. The van der Waals surface area contributed by atoms with Crippen LogP contribution in [-0.2, 0) is 11.3 Å². The molecule has 0 bridgehead atoms. The first-order valence-electron chi connectivity index (χ1n) is 13.7. The van der Waals surface area contributed by atoms with Gasteiger partial charge in [0.1, 0.15) is 5.82 Å². The van der Waals surface area contributed by atoms with Crippen molar-refractivity contribution >= 4 is 17.8 Å². The fraction of sp³-hybridized carbons (Fsp3) is 0.571. The van der Waals surface area contributed by atoms with Gasteiger partial charge >= 0.3 is 11.7 Å². The summed E-state index contributed by atoms with van der Waals surface area (Å²) in [5.41, 5.74) is 12.5. The van der Waals surface area contributed by atoms with Gasteiger partial charge < -0.3 is 21.3 Å². The van der Waals surface area contributed by atoms with Gasteiger partial charge in [0.2, 0.25) is 5.91 Å². The number of carbonyl (C=O) groups excluding carboxylic acids is 2. The Morgan fingerprint density at radius 2 is 1.72 bits per heavy atom. The smallest absolute Gasteiger partial charge is 0.338 e. The molecule has 2 fully saturated rings. The van der Waals surface area contributed by atoms with Gasteiger partial charge in [-0.15, -0.1) is 0 Å². The van der Waals surface area contributed by atoms with Crippen LogP contribution < -0.4 is 22.5 Å². The Bertz CT molecular complexity index is 1210. The molecule has 2 aliphatic rings. The molecule has 4 rings (SSSR count). The van der Waals surface area contributed by atoms with Crippen molar-refractivity contribution < 1.29 is 9.59 Å². The summed E-state index contributed by atoms with van der Waals surface area (Å²) in [5.74, 6) is 0.574. The van der Waals surface area contributed by atoms with E-state index in [1.54, 1.807) is 35.9 Å². The van der Waals surface area contributed by atoms with Gasteiger partial charge in [-0.1, -0.05) is 19.1 Å². The van der Waals surface area contributed by atoms with Crippen LogP contribution in [0.4, 0.5) is 10.6 Å². The number of nitrogens with zero attached hydrogens (tertiary/aromatic N) is 5. The molecule has 2 unspecified atom stereocenters. The van der Waals surface area contributed by atoms with Crippen molar-refractivity contribution in [2.24, 2.45) is 17.4 Å². The number of anilines is 1. The van der Waals surface area contributed by atoms with E-state index in [1.165, 1.54) is 10.1 Å². The summed E-state index contributed by atoms with van der Waals surface area (Å²) in [6.45, 7) is 7.96. The van der Waals surface area contributed by atoms with Crippen LogP contribution in [0.3, 0.4) is 0 Å². The van der Waals surface area contributed by atoms with E-state index >= 15 is 0 Å². The third-order valence-electron chi connectivity index (χ3n) is 7.92. The summed E-state index contributed by atoms with van der Waals surface area (Å²) in [6.07, 6.45) is 4.90. The summed E-state index contributed by atoms with van der Waals surface area (Å²) in [6, 6.07) is 9.95. The van der Waals surface area contributed by atoms with Gasteiger partial charge in [0.15, 0.2) is 0 Å². The standard InChI is InChI=1S/C28H42N8O3/c1-19-17-22(9-10-23(19)29)33(4)18-20-5-7-21(8-6-20)36-12-11-24(32-27(36)39)31-26(38)35-15-13-34(14-16-35)25(37)28(2,3)30/h5-8,11-12,19,22-23H,9-10,13-18,29-30H2,1-4H3,(H,31,32,38,39)/t19?,22?,23-/m0/s1. The predicted molar refractivity (Wildman–Crippen MR) is 152 cm³/mol. The molecule has 2 aromatic rings. The van der Waals surface area contributed by atoms with E-state index in [2.05, 4.69) is 29.2 Å². The average molecular weight is 539 g/mol. The molecule has 3 amide bonds. The molecule has 0 spiro atoms. The zero-order valence-electron chi connectivity index (χ0n) is 23.5. The van der Waals surface area contributed by atoms with Crippen molar-refractivity contribution in [2.45, 2.75) is 64.2 Å². The van der Waals surface area contributed by atoms with Crippen molar-refractivity contribution in [1.29, 1.82) is 0 Å². The highest BCUT2D eigenvalue weighted by Crippen LogP contribution is 2.27. The van der Waals surface area contributed by atoms with Gasteiger partial charge in [-0.25, -0.2) is 9.59 Å². The largest absolute Gasteiger partial charge is 0.354 e. The maximum absolute atomic E-state index is 12.7. The summed E-state index contributed by atoms with van der Waals surface area (Å²) < 4.78 is 1.45. The van der Waals surface area contributed by atoms with Gasteiger partial charge in [0.25, 0.3) is 0 Å². The Morgan fingerprint density at radius 3 is 2.31 bits per heavy atom. The molecule has 1 aromatic heterocycles. The van der Waals surface area contributed by atoms with Crippen LogP contribution in [0.15, 0.2) is 41.3 Å². The highest BCUT2D eigenvalue weighted by molar-refractivity contribution is 5.89. The quantitative estimate of drug-likeness (QED) is 0.507. The molecule has 11 nitrogen and oxygen atoms in total. The van der Waals surface area contributed by atoms with Crippen LogP contribution in [0.5, 0.6) is 0 Å². The summed E-state index contributed by atoms with van der Waals surface area (Å²) in [4.78, 5) is 47.5. The lowest BCUT2D eigenvalue weighted by Gasteiger charge is -2.37. The van der Waals surface area contributed by atoms with Crippen LogP contribution in [0.25, 0.3) is 5.69 Å².